The van der Waals surface area contributed by atoms with Gasteiger partial charge in [-0.3, -0.25) is 4.79 Å². The summed E-state index contributed by atoms with van der Waals surface area (Å²) < 4.78 is 4.76. The molecule has 1 aliphatic carbocycles. The number of esters is 1. The first kappa shape index (κ1) is 11.1. The Balaban J connectivity index is 2.05. The summed E-state index contributed by atoms with van der Waals surface area (Å²) in [4.78, 5) is 11.6. The zero-order valence-corrected chi connectivity index (χ0v) is 9.48. The van der Waals surface area contributed by atoms with E-state index in [9.17, 15) is 4.79 Å². The number of methoxy groups -OCH3 is 1. The maximum atomic E-state index is 11.6. The van der Waals surface area contributed by atoms with Crippen LogP contribution in [-0.2, 0) is 16.0 Å². The molecule has 0 bridgehead atoms. The fourth-order valence-electron chi connectivity index (χ4n) is 2.30. The van der Waals surface area contributed by atoms with Crippen LogP contribution < -0.4 is 5.73 Å². The van der Waals surface area contributed by atoms with E-state index >= 15 is 0 Å². The highest BCUT2D eigenvalue weighted by Crippen LogP contribution is 2.39. The van der Waals surface area contributed by atoms with Crippen LogP contribution in [0.3, 0.4) is 0 Å². The number of rotatable bonds is 3. The van der Waals surface area contributed by atoms with E-state index in [1.54, 1.807) is 0 Å². The standard InChI is InChI=1S/C13H17NO2/c1-16-12(15)13(14)8-7-11(13)9-10-5-3-2-4-6-10/h2-6,11H,7-9,14H2,1H3/t11-,13-/m1/s1. The number of benzene rings is 1. The minimum Gasteiger partial charge on any atom is -0.468 e. The van der Waals surface area contributed by atoms with E-state index in [4.69, 9.17) is 10.5 Å². The first-order valence-corrected chi connectivity index (χ1v) is 5.58. The van der Waals surface area contributed by atoms with Crippen LogP contribution in [0, 0.1) is 5.92 Å². The largest absolute Gasteiger partial charge is 0.468 e. The van der Waals surface area contributed by atoms with Crippen molar-refractivity contribution in [2.24, 2.45) is 11.7 Å². The molecule has 1 fully saturated rings. The quantitative estimate of drug-likeness (QED) is 0.784. The number of carbonyl (C=O) groups excluding carboxylic acids is 1. The van der Waals surface area contributed by atoms with E-state index in [0.717, 1.165) is 19.3 Å². The molecule has 0 radical (unpaired) electrons. The molecule has 16 heavy (non-hydrogen) atoms. The van der Waals surface area contributed by atoms with Crippen molar-refractivity contribution in [3.63, 3.8) is 0 Å². The van der Waals surface area contributed by atoms with Crippen molar-refractivity contribution in [3.05, 3.63) is 35.9 Å². The molecule has 1 aromatic rings. The Kier molecular flexibility index (Phi) is 2.97. The molecule has 3 heteroatoms. The third-order valence-electron chi connectivity index (χ3n) is 3.53. The van der Waals surface area contributed by atoms with Gasteiger partial charge in [-0.2, -0.15) is 0 Å². The molecule has 2 atom stereocenters. The van der Waals surface area contributed by atoms with Crippen LogP contribution in [-0.4, -0.2) is 18.6 Å². The molecule has 1 saturated carbocycles. The van der Waals surface area contributed by atoms with Crippen molar-refractivity contribution in [3.8, 4) is 0 Å². The zero-order valence-electron chi connectivity index (χ0n) is 9.48. The van der Waals surface area contributed by atoms with Gasteiger partial charge in [-0.1, -0.05) is 30.3 Å². The Morgan fingerprint density at radius 2 is 2.19 bits per heavy atom. The smallest absolute Gasteiger partial charge is 0.326 e. The average molecular weight is 219 g/mol. The lowest BCUT2D eigenvalue weighted by Gasteiger charge is -2.44. The van der Waals surface area contributed by atoms with Crippen LogP contribution in [0.5, 0.6) is 0 Å². The summed E-state index contributed by atoms with van der Waals surface area (Å²) >= 11 is 0. The molecular weight excluding hydrogens is 202 g/mol. The van der Waals surface area contributed by atoms with E-state index in [1.807, 2.05) is 18.2 Å². The Morgan fingerprint density at radius 1 is 1.50 bits per heavy atom. The summed E-state index contributed by atoms with van der Waals surface area (Å²) in [6.07, 6.45) is 2.59. The highest BCUT2D eigenvalue weighted by Gasteiger charge is 2.50. The predicted molar refractivity (Wildman–Crippen MR) is 61.8 cm³/mol. The van der Waals surface area contributed by atoms with E-state index in [0.29, 0.717) is 0 Å². The SMILES string of the molecule is COC(=O)[C@@]1(N)CC[C@@H]1Cc1ccccc1. The fourth-order valence-corrected chi connectivity index (χ4v) is 2.30. The molecule has 0 heterocycles. The molecule has 0 aromatic heterocycles. The maximum absolute atomic E-state index is 11.6. The van der Waals surface area contributed by atoms with Crippen molar-refractivity contribution in [2.45, 2.75) is 24.8 Å². The fraction of sp³-hybridized carbons (Fsp3) is 0.462. The second-order valence-electron chi connectivity index (χ2n) is 4.46. The minimum absolute atomic E-state index is 0.211. The lowest BCUT2D eigenvalue weighted by Crippen LogP contribution is -2.61. The molecule has 2 rings (SSSR count). The topological polar surface area (TPSA) is 52.3 Å². The van der Waals surface area contributed by atoms with Crippen molar-refractivity contribution in [1.82, 2.24) is 0 Å². The van der Waals surface area contributed by atoms with Crippen molar-refractivity contribution in [1.29, 1.82) is 0 Å². The maximum Gasteiger partial charge on any atom is 0.326 e. The lowest BCUT2D eigenvalue weighted by atomic mass is 9.65. The minimum atomic E-state index is -0.759. The number of ether oxygens (including phenoxy) is 1. The van der Waals surface area contributed by atoms with E-state index in [-0.39, 0.29) is 11.9 Å². The monoisotopic (exact) mass is 219 g/mol. The predicted octanol–water partition coefficient (Wildman–Crippen LogP) is 1.51. The summed E-state index contributed by atoms with van der Waals surface area (Å²) in [6.45, 7) is 0. The highest BCUT2D eigenvalue weighted by atomic mass is 16.5. The van der Waals surface area contributed by atoms with Gasteiger partial charge in [0.25, 0.3) is 0 Å². The Morgan fingerprint density at radius 3 is 2.69 bits per heavy atom. The second kappa shape index (κ2) is 4.26. The van der Waals surface area contributed by atoms with E-state index < -0.39 is 5.54 Å². The Bertz CT molecular complexity index is 377. The number of hydrogen-bond acceptors (Lipinski definition) is 3. The molecular formula is C13H17NO2. The molecule has 3 nitrogen and oxygen atoms in total. The first-order chi connectivity index (χ1) is 7.66. The first-order valence-electron chi connectivity index (χ1n) is 5.58. The number of hydrogen-bond donors (Lipinski definition) is 1. The van der Waals surface area contributed by atoms with Crippen LogP contribution in [0.25, 0.3) is 0 Å². The molecule has 0 saturated heterocycles. The van der Waals surface area contributed by atoms with Gasteiger partial charge in [0.2, 0.25) is 0 Å². The van der Waals surface area contributed by atoms with Crippen LogP contribution in [0.2, 0.25) is 0 Å². The Hall–Kier alpha value is -1.35. The van der Waals surface area contributed by atoms with Crippen LogP contribution >= 0.6 is 0 Å². The van der Waals surface area contributed by atoms with Crippen LogP contribution in [0.4, 0.5) is 0 Å². The van der Waals surface area contributed by atoms with E-state index in [2.05, 4.69) is 12.1 Å². The van der Waals surface area contributed by atoms with Crippen molar-refractivity contribution >= 4 is 5.97 Å². The summed E-state index contributed by atoms with van der Waals surface area (Å²) in [5.74, 6) is -0.0676. The second-order valence-corrected chi connectivity index (χ2v) is 4.46. The van der Waals surface area contributed by atoms with Gasteiger partial charge >= 0.3 is 5.97 Å². The van der Waals surface area contributed by atoms with Crippen molar-refractivity contribution < 1.29 is 9.53 Å². The van der Waals surface area contributed by atoms with Gasteiger partial charge in [0.15, 0.2) is 0 Å². The van der Waals surface area contributed by atoms with Gasteiger partial charge in [-0.15, -0.1) is 0 Å². The summed E-state index contributed by atoms with van der Waals surface area (Å²) in [5, 5.41) is 0. The van der Waals surface area contributed by atoms with Crippen molar-refractivity contribution in [2.75, 3.05) is 7.11 Å². The molecule has 0 aliphatic heterocycles. The molecule has 0 amide bonds. The molecule has 1 aromatic carbocycles. The highest BCUT2D eigenvalue weighted by molar-refractivity contribution is 5.82. The third-order valence-corrected chi connectivity index (χ3v) is 3.53. The number of carbonyl (C=O) groups is 1. The summed E-state index contributed by atoms with van der Waals surface area (Å²) in [5.41, 5.74) is 6.54. The van der Waals surface area contributed by atoms with Gasteiger partial charge in [-0.05, 0) is 30.7 Å². The lowest BCUT2D eigenvalue weighted by molar-refractivity contribution is -0.154. The van der Waals surface area contributed by atoms with Gasteiger partial charge in [-0.25, -0.2) is 0 Å². The van der Waals surface area contributed by atoms with Gasteiger partial charge in [0.1, 0.15) is 5.54 Å². The Labute approximate surface area is 95.6 Å². The third kappa shape index (κ3) is 1.83. The average Bonchev–Trinajstić information content (AvgIpc) is 2.34. The molecule has 86 valence electrons. The molecule has 0 unspecified atom stereocenters. The van der Waals surface area contributed by atoms with Gasteiger partial charge in [0, 0.05) is 0 Å². The number of nitrogens with two attached hydrogens (primary N) is 1. The normalized spacial score (nSPS) is 28.2. The van der Waals surface area contributed by atoms with Crippen LogP contribution in [0.1, 0.15) is 18.4 Å². The van der Waals surface area contributed by atoms with E-state index in [1.165, 1.54) is 12.7 Å². The molecule has 0 spiro atoms. The van der Waals surface area contributed by atoms with Crippen LogP contribution in [0.15, 0.2) is 30.3 Å². The van der Waals surface area contributed by atoms with Gasteiger partial charge in [0.05, 0.1) is 7.11 Å². The zero-order chi connectivity index (χ0) is 11.6. The van der Waals surface area contributed by atoms with Gasteiger partial charge < -0.3 is 10.5 Å². The molecule has 2 N–H and O–H groups in total. The summed E-state index contributed by atoms with van der Waals surface area (Å²) in [7, 11) is 1.40. The summed E-state index contributed by atoms with van der Waals surface area (Å²) in [6, 6.07) is 10.1. The molecule has 1 aliphatic rings.